The molecule has 0 radical (unpaired) electrons. The van der Waals surface area contributed by atoms with Gasteiger partial charge in [-0.25, -0.2) is 17.6 Å². The van der Waals surface area contributed by atoms with Gasteiger partial charge in [-0.05, 0) is 33.6 Å². The lowest BCUT2D eigenvalue weighted by molar-refractivity contribution is 0.395. The highest BCUT2D eigenvalue weighted by atomic mass is 32.2. The monoisotopic (exact) mass is 448 g/mol. The van der Waals surface area contributed by atoms with Gasteiger partial charge in [0.05, 0.1) is 0 Å². The van der Waals surface area contributed by atoms with Gasteiger partial charge >= 0.3 is 10.1 Å². The average molecular weight is 448 g/mol. The summed E-state index contributed by atoms with van der Waals surface area (Å²) in [5.74, 6) is -8.24. The van der Waals surface area contributed by atoms with Crippen LogP contribution in [0.5, 0.6) is 5.75 Å². The van der Waals surface area contributed by atoms with Gasteiger partial charge < -0.3 is 5.11 Å². The Balaban J connectivity index is 2.83. The Morgan fingerprint density at radius 1 is 0.800 bits per heavy atom. The summed E-state index contributed by atoms with van der Waals surface area (Å²) in [6.07, 6.45) is -0.604. The number of halogens is 4. The number of hydrogen-bond donors (Lipinski definition) is 2. The van der Waals surface area contributed by atoms with Crippen LogP contribution in [0.25, 0.3) is 0 Å². The molecule has 0 heterocycles. The van der Waals surface area contributed by atoms with Gasteiger partial charge in [0.15, 0.2) is 28.2 Å². The van der Waals surface area contributed by atoms with E-state index in [4.69, 9.17) is 4.55 Å². The molecule has 2 N–H and O–H groups in total. The third-order valence-electron chi connectivity index (χ3n) is 4.78. The fourth-order valence-electron chi connectivity index (χ4n) is 3.31. The van der Waals surface area contributed by atoms with Gasteiger partial charge in [-0.15, -0.1) is 0 Å². The summed E-state index contributed by atoms with van der Waals surface area (Å²) in [6, 6.07) is 2.96. The van der Waals surface area contributed by atoms with Crippen LogP contribution in [0.2, 0.25) is 0 Å². The Hall–Kier alpha value is -2.13. The van der Waals surface area contributed by atoms with Gasteiger partial charge in [0, 0.05) is 12.0 Å². The maximum Gasteiger partial charge on any atom is 0.300 e. The van der Waals surface area contributed by atoms with Crippen molar-refractivity contribution in [3.8, 4) is 5.75 Å². The predicted molar refractivity (Wildman–Crippen MR) is 104 cm³/mol. The highest BCUT2D eigenvalue weighted by Crippen LogP contribution is 2.39. The summed E-state index contributed by atoms with van der Waals surface area (Å²) in [7, 11) is -5.52. The molecule has 0 saturated heterocycles. The standard InChI is InChI=1S/C21H24F4O4S/c1-20(2,3)12-9-14(26)13(21(4,5)6)8-10(12)7-11-15(22)17(24)19(30(27,28)29)18(25)16(11)23/h8-9,26H,7H2,1-6H3,(H,27,28,29). The Bertz CT molecular complexity index is 1080. The van der Waals surface area contributed by atoms with E-state index < -0.39 is 61.1 Å². The van der Waals surface area contributed by atoms with Crippen molar-refractivity contribution in [3.05, 3.63) is 57.7 Å². The van der Waals surface area contributed by atoms with E-state index in [9.17, 15) is 31.1 Å². The van der Waals surface area contributed by atoms with Crippen LogP contribution in [0.3, 0.4) is 0 Å². The van der Waals surface area contributed by atoms with E-state index in [0.29, 0.717) is 16.7 Å². The van der Waals surface area contributed by atoms with Crippen molar-refractivity contribution in [2.75, 3.05) is 0 Å². The van der Waals surface area contributed by atoms with E-state index in [1.54, 1.807) is 20.8 Å². The van der Waals surface area contributed by atoms with Crippen LogP contribution in [-0.2, 0) is 27.4 Å². The lowest BCUT2D eigenvalue weighted by atomic mass is 9.77. The van der Waals surface area contributed by atoms with E-state index in [2.05, 4.69) is 0 Å². The van der Waals surface area contributed by atoms with Crippen LogP contribution in [-0.4, -0.2) is 18.1 Å². The smallest absolute Gasteiger partial charge is 0.300 e. The number of rotatable bonds is 3. The second kappa shape index (κ2) is 7.53. The lowest BCUT2D eigenvalue weighted by Gasteiger charge is -2.28. The van der Waals surface area contributed by atoms with Crippen molar-refractivity contribution in [2.45, 2.75) is 63.7 Å². The van der Waals surface area contributed by atoms with Crippen LogP contribution in [0.4, 0.5) is 17.6 Å². The first kappa shape index (κ1) is 24.1. The Morgan fingerprint density at radius 2 is 1.23 bits per heavy atom. The van der Waals surface area contributed by atoms with Crippen molar-refractivity contribution in [1.82, 2.24) is 0 Å². The number of benzene rings is 2. The molecule has 0 aliphatic rings. The summed E-state index contributed by atoms with van der Waals surface area (Å²) in [6.45, 7) is 10.8. The highest BCUT2D eigenvalue weighted by Gasteiger charge is 2.33. The zero-order valence-corrected chi connectivity index (χ0v) is 18.3. The van der Waals surface area contributed by atoms with Crippen LogP contribution < -0.4 is 0 Å². The normalized spacial score (nSPS) is 13.0. The summed E-state index contributed by atoms with van der Waals surface area (Å²) < 4.78 is 88.7. The van der Waals surface area contributed by atoms with Crippen molar-refractivity contribution in [1.29, 1.82) is 0 Å². The topological polar surface area (TPSA) is 74.6 Å². The van der Waals surface area contributed by atoms with Crippen LogP contribution in [0.1, 0.15) is 63.8 Å². The number of phenolic OH excluding ortho intramolecular Hbond substituents is 1. The van der Waals surface area contributed by atoms with E-state index in [0.717, 1.165) is 0 Å². The Kier molecular flexibility index (Phi) is 6.06. The minimum atomic E-state index is -5.52. The quantitative estimate of drug-likeness (QED) is 0.376. The Labute approximate surface area is 173 Å². The van der Waals surface area contributed by atoms with E-state index >= 15 is 0 Å². The summed E-state index contributed by atoms with van der Waals surface area (Å²) >= 11 is 0. The molecule has 0 unspecified atom stereocenters. The minimum Gasteiger partial charge on any atom is -0.508 e. The first-order valence-electron chi connectivity index (χ1n) is 9.06. The van der Waals surface area contributed by atoms with Gasteiger partial charge in [-0.1, -0.05) is 47.6 Å². The molecule has 166 valence electrons. The highest BCUT2D eigenvalue weighted by molar-refractivity contribution is 7.85. The number of phenols is 1. The second-order valence-corrected chi connectivity index (χ2v) is 10.6. The molecule has 2 rings (SSSR count). The lowest BCUT2D eigenvalue weighted by Crippen LogP contribution is -2.19. The van der Waals surface area contributed by atoms with E-state index in [-0.39, 0.29) is 5.75 Å². The van der Waals surface area contributed by atoms with Crippen molar-refractivity contribution in [3.63, 3.8) is 0 Å². The summed E-state index contributed by atoms with van der Waals surface area (Å²) in [5.41, 5.74) is -0.901. The van der Waals surface area contributed by atoms with Crippen LogP contribution in [0.15, 0.2) is 17.0 Å². The molecule has 0 amide bonds. The molecule has 30 heavy (non-hydrogen) atoms. The molecule has 2 aromatic rings. The molecule has 0 fully saturated rings. The molecule has 9 heteroatoms. The van der Waals surface area contributed by atoms with Crippen molar-refractivity contribution in [2.24, 2.45) is 0 Å². The molecule has 0 aromatic heterocycles. The third kappa shape index (κ3) is 4.46. The molecule has 4 nitrogen and oxygen atoms in total. The molecular weight excluding hydrogens is 424 g/mol. The molecule has 0 saturated carbocycles. The number of hydrogen-bond acceptors (Lipinski definition) is 3. The maximum atomic E-state index is 14.6. The van der Waals surface area contributed by atoms with Gasteiger partial charge in [-0.2, -0.15) is 8.42 Å². The van der Waals surface area contributed by atoms with E-state index in [1.165, 1.54) is 12.1 Å². The first-order valence-corrected chi connectivity index (χ1v) is 10.5. The average Bonchev–Trinajstić information content (AvgIpc) is 2.54. The SMILES string of the molecule is CC(C)(C)c1cc(Cc2c(F)c(F)c(S(=O)(=O)O)c(F)c2F)c(C(C)(C)C)cc1O. The predicted octanol–water partition coefficient (Wildman–Crippen LogP) is 5.38. The molecule has 0 aliphatic carbocycles. The van der Waals surface area contributed by atoms with Gasteiger partial charge in [-0.3, -0.25) is 4.55 Å². The van der Waals surface area contributed by atoms with Crippen LogP contribution in [0, 0.1) is 23.3 Å². The third-order valence-corrected chi connectivity index (χ3v) is 5.65. The van der Waals surface area contributed by atoms with Gasteiger partial charge in [0.25, 0.3) is 0 Å². The van der Waals surface area contributed by atoms with Crippen molar-refractivity contribution < 1.29 is 35.6 Å². The molecule has 2 aromatic carbocycles. The maximum absolute atomic E-state index is 14.6. The number of aromatic hydroxyl groups is 1. The second-order valence-electron chi connectivity index (χ2n) is 9.24. The molecular formula is C21H24F4O4S. The Morgan fingerprint density at radius 3 is 1.60 bits per heavy atom. The molecule has 0 spiro atoms. The summed E-state index contributed by atoms with van der Waals surface area (Å²) in [4.78, 5) is -2.07. The van der Waals surface area contributed by atoms with Gasteiger partial charge in [0.1, 0.15) is 5.75 Å². The van der Waals surface area contributed by atoms with Crippen molar-refractivity contribution >= 4 is 10.1 Å². The fourth-order valence-corrected chi connectivity index (χ4v) is 3.94. The molecule has 0 aliphatic heterocycles. The van der Waals surface area contributed by atoms with Gasteiger partial charge in [0.2, 0.25) is 0 Å². The minimum absolute atomic E-state index is 0.0313. The first-order chi connectivity index (χ1) is 13.4. The summed E-state index contributed by atoms with van der Waals surface area (Å²) in [5, 5.41) is 10.4. The molecule has 0 atom stereocenters. The zero-order chi connectivity index (χ0) is 23.4. The molecule has 0 bridgehead atoms. The van der Waals surface area contributed by atoms with Crippen LogP contribution >= 0.6 is 0 Å². The largest absolute Gasteiger partial charge is 0.508 e. The van der Waals surface area contributed by atoms with E-state index in [1.807, 2.05) is 20.8 Å². The zero-order valence-electron chi connectivity index (χ0n) is 17.5. The fraction of sp³-hybridized carbons (Fsp3) is 0.429.